The monoisotopic (exact) mass is 474 g/mol. The third kappa shape index (κ3) is 6.36. The SMILES string of the molecule is CCOc1cc(NC(=O)[C@@H](O)[C@@H](C)CC)ccc1S(=O)(=O)Nc1cccc(C(F)(F)F)c1. The number of carbonyl (C=O) groups excluding carboxylic acids is 1. The lowest BCUT2D eigenvalue weighted by molar-refractivity contribution is -0.137. The first-order chi connectivity index (χ1) is 14.9. The first kappa shape index (κ1) is 25.5. The molecule has 0 heterocycles. The van der Waals surface area contributed by atoms with Crippen molar-refractivity contribution in [3.05, 3.63) is 48.0 Å². The van der Waals surface area contributed by atoms with Crippen molar-refractivity contribution in [1.82, 2.24) is 0 Å². The van der Waals surface area contributed by atoms with Crippen LogP contribution in [0.4, 0.5) is 24.5 Å². The van der Waals surface area contributed by atoms with E-state index >= 15 is 0 Å². The molecule has 0 aromatic heterocycles. The third-order valence-electron chi connectivity index (χ3n) is 4.69. The number of rotatable bonds is 9. The summed E-state index contributed by atoms with van der Waals surface area (Å²) >= 11 is 0. The maximum Gasteiger partial charge on any atom is 0.416 e. The number of halogens is 3. The first-order valence-corrected chi connectivity index (χ1v) is 11.3. The quantitative estimate of drug-likeness (QED) is 0.504. The second-order valence-electron chi connectivity index (χ2n) is 7.10. The summed E-state index contributed by atoms with van der Waals surface area (Å²) < 4.78 is 71.9. The summed E-state index contributed by atoms with van der Waals surface area (Å²) in [4.78, 5) is 11.9. The molecule has 3 N–H and O–H groups in total. The van der Waals surface area contributed by atoms with E-state index < -0.39 is 33.8 Å². The Morgan fingerprint density at radius 1 is 1.12 bits per heavy atom. The molecular weight excluding hydrogens is 449 g/mol. The fraction of sp³-hybridized carbons (Fsp3) is 0.381. The molecule has 0 aliphatic heterocycles. The minimum Gasteiger partial charge on any atom is -0.492 e. The van der Waals surface area contributed by atoms with Crippen LogP contribution in [0.25, 0.3) is 0 Å². The van der Waals surface area contributed by atoms with E-state index in [0.29, 0.717) is 12.5 Å². The lowest BCUT2D eigenvalue weighted by Crippen LogP contribution is -2.32. The maximum atomic E-state index is 12.9. The van der Waals surface area contributed by atoms with Gasteiger partial charge in [-0.3, -0.25) is 9.52 Å². The Morgan fingerprint density at radius 2 is 1.81 bits per heavy atom. The fourth-order valence-electron chi connectivity index (χ4n) is 2.74. The Bertz CT molecular complexity index is 1060. The number of aliphatic hydroxyl groups is 1. The molecule has 0 unspecified atom stereocenters. The summed E-state index contributed by atoms with van der Waals surface area (Å²) in [5.41, 5.74) is -1.07. The third-order valence-corrected chi connectivity index (χ3v) is 6.12. The molecule has 0 radical (unpaired) electrons. The Morgan fingerprint density at radius 3 is 2.41 bits per heavy atom. The van der Waals surface area contributed by atoms with Gasteiger partial charge in [0.15, 0.2) is 0 Å². The molecule has 176 valence electrons. The molecule has 0 spiro atoms. The molecule has 1 amide bonds. The van der Waals surface area contributed by atoms with Crippen LogP contribution in [0.15, 0.2) is 47.4 Å². The molecule has 2 atom stereocenters. The zero-order chi connectivity index (χ0) is 24.1. The second-order valence-corrected chi connectivity index (χ2v) is 8.75. The number of amides is 1. The van der Waals surface area contributed by atoms with Gasteiger partial charge in [0.2, 0.25) is 0 Å². The fourth-order valence-corrected chi connectivity index (χ4v) is 3.92. The number of alkyl halides is 3. The van der Waals surface area contributed by atoms with E-state index in [9.17, 15) is 31.5 Å². The molecule has 0 fully saturated rings. The number of aliphatic hydroxyl groups excluding tert-OH is 1. The van der Waals surface area contributed by atoms with Crippen molar-refractivity contribution in [2.24, 2.45) is 5.92 Å². The Hall–Kier alpha value is -2.79. The number of hydrogen-bond donors (Lipinski definition) is 3. The minimum absolute atomic E-state index is 0.0962. The zero-order valence-electron chi connectivity index (χ0n) is 17.7. The molecule has 0 aliphatic rings. The van der Waals surface area contributed by atoms with Gasteiger partial charge in [-0.05, 0) is 43.2 Å². The van der Waals surface area contributed by atoms with Gasteiger partial charge in [0, 0.05) is 17.4 Å². The van der Waals surface area contributed by atoms with Crippen LogP contribution in [-0.4, -0.2) is 32.1 Å². The zero-order valence-corrected chi connectivity index (χ0v) is 18.5. The standard InChI is InChI=1S/C21H25F3N2O5S/c1-4-13(3)19(27)20(28)25-15-9-10-18(17(12-15)31-5-2)32(29,30)26-16-8-6-7-14(11-16)21(22,23)24/h6-13,19,26-27H,4-5H2,1-3H3,(H,25,28)/t13-,19-/m0/s1. The molecule has 0 saturated carbocycles. The van der Waals surface area contributed by atoms with E-state index in [-0.39, 0.29) is 34.5 Å². The normalized spacial score (nSPS) is 13.8. The minimum atomic E-state index is -4.63. The van der Waals surface area contributed by atoms with Crippen LogP contribution in [0.2, 0.25) is 0 Å². The second kappa shape index (κ2) is 10.2. The van der Waals surface area contributed by atoms with Crippen molar-refractivity contribution < 1.29 is 36.2 Å². The van der Waals surface area contributed by atoms with Gasteiger partial charge in [-0.2, -0.15) is 13.2 Å². The van der Waals surface area contributed by atoms with Crippen LogP contribution in [0.3, 0.4) is 0 Å². The molecule has 2 aromatic carbocycles. The number of hydrogen-bond acceptors (Lipinski definition) is 5. The molecule has 7 nitrogen and oxygen atoms in total. The highest BCUT2D eigenvalue weighted by Crippen LogP contribution is 2.33. The number of anilines is 2. The average molecular weight is 475 g/mol. The molecule has 0 bridgehead atoms. The van der Waals surface area contributed by atoms with Crippen LogP contribution in [0.5, 0.6) is 5.75 Å². The van der Waals surface area contributed by atoms with Crippen molar-refractivity contribution >= 4 is 27.3 Å². The highest BCUT2D eigenvalue weighted by atomic mass is 32.2. The highest BCUT2D eigenvalue weighted by Gasteiger charge is 2.31. The molecule has 32 heavy (non-hydrogen) atoms. The molecular formula is C21H25F3N2O5S. The number of ether oxygens (including phenoxy) is 1. The lowest BCUT2D eigenvalue weighted by Gasteiger charge is -2.18. The van der Waals surface area contributed by atoms with E-state index in [1.54, 1.807) is 13.8 Å². The van der Waals surface area contributed by atoms with E-state index in [4.69, 9.17) is 4.74 Å². The van der Waals surface area contributed by atoms with Gasteiger partial charge in [-0.15, -0.1) is 0 Å². The predicted molar refractivity (Wildman–Crippen MR) is 114 cm³/mol. The summed E-state index contributed by atoms with van der Waals surface area (Å²) in [6.45, 7) is 5.25. The maximum absolute atomic E-state index is 12.9. The molecule has 0 aliphatic carbocycles. The van der Waals surface area contributed by atoms with Gasteiger partial charge < -0.3 is 15.2 Å². The topological polar surface area (TPSA) is 105 Å². The van der Waals surface area contributed by atoms with Gasteiger partial charge >= 0.3 is 6.18 Å². The van der Waals surface area contributed by atoms with E-state index in [2.05, 4.69) is 10.0 Å². The van der Waals surface area contributed by atoms with Crippen molar-refractivity contribution in [3.8, 4) is 5.75 Å². The summed E-state index contributed by atoms with van der Waals surface area (Å²) in [6.07, 6.45) is -5.30. The smallest absolute Gasteiger partial charge is 0.416 e. The number of carbonyl (C=O) groups is 1. The molecule has 2 rings (SSSR count). The highest BCUT2D eigenvalue weighted by molar-refractivity contribution is 7.92. The van der Waals surface area contributed by atoms with Crippen molar-refractivity contribution in [2.45, 2.75) is 44.4 Å². The van der Waals surface area contributed by atoms with E-state index in [0.717, 1.165) is 18.2 Å². The lowest BCUT2D eigenvalue weighted by atomic mass is 10.0. The number of sulfonamides is 1. The summed E-state index contributed by atoms with van der Waals surface area (Å²) in [5.74, 6) is -1.04. The molecule has 11 heteroatoms. The van der Waals surface area contributed by atoms with Gasteiger partial charge in [0.1, 0.15) is 16.7 Å². The number of nitrogens with one attached hydrogen (secondary N) is 2. The summed E-state index contributed by atoms with van der Waals surface area (Å²) in [6, 6.07) is 7.52. The molecule has 0 saturated heterocycles. The van der Waals surface area contributed by atoms with Gasteiger partial charge in [-0.1, -0.05) is 26.3 Å². The Kier molecular flexibility index (Phi) is 8.13. The summed E-state index contributed by atoms with van der Waals surface area (Å²) in [7, 11) is -4.31. The largest absolute Gasteiger partial charge is 0.492 e. The Labute approximate surface area is 184 Å². The number of benzene rings is 2. The molecule has 2 aromatic rings. The van der Waals surface area contributed by atoms with E-state index in [1.165, 1.54) is 18.2 Å². The van der Waals surface area contributed by atoms with Gasteiger partial charge in [0.05, 0.1) is 12.2 Å². The predicted octanol–water partition coefficient (Wildman–Crippen LogP) is 4.25. The first-order valence-electron chi connectivity index (χ1n) is 9.84. The van der Waals surface area contributed by atoms with Crippen LogP contribution < -0.4 is 14.8 Å². The van der Waals surface area contributed by atoms with E-state index in [1.807, 2.05) is 6.92 Å². The van der Waals surface area contributed by atoms with Gasteiger partial charge in [0.25, 0.3) is 15.9 Å². The van der Waals surface area contributed by atoms with Gasteiger partial charge in [-0.25, -0.2) is 8.42 Å². The van der Waals surface area contributed by atoms with Crippen LogP contribution in [-0.2, 0) is 21.0 Å². The van der Waals surface area contributed by atoms with Crippen LogP contribution in [0.1, 0.15) is 32.8 Å². The Balaban J connectivity index is 2.33. The van der Waals surface area contributed by atoms with Crippen molar-refractivity contribution in [3.63, 3.8) is 0 Å². The van der Waals surface area contributed by atoms with Crippen LogP contribution in [0, 0.1) is 5.92 Å². The van der Waals surface area contributed by atoms with Crippen molar-refractivity contribution in [1.29, 1.82) is 0 Å². The van der Waals surface area contributed by atoms with Crippen molar-refractivity contribution in [2.75, 3.05) is 16.6 Å². The average Bonchev–Trinajstić information content (AvgIpc) is 2.72. The van der Waals surface area contributed by atoms with Crippen LogP contribution >= 0.6 is 0 Å². The summed E-state index contributed by atoms with van der Waals surface area (Å²) in [5, 5.41) is 12.5.